The average molecular weight is 230 g/mol. The van der Waals surface area contributed by atoms with Gasteiger partial charge in [0, 0.05) is 5.38 Å². The van der Waals surface area contributed by atoms with Crippen LogP contribution in [0.3, 0.4) is 0 Å². The number of thiazole rings is 1. The van der Waals surface area contributed by atoms with Crippen LogP contribution < -0.4 is 4.74 Å². The molecule has 0 fully saturated rings. The minimum Gasteiger partial charge on any atom is -0.486 e. The number of aromatic nitrogens is 1. The minimum atomic E-state index is 0.363. The summed E-state index contributed by atoms with van der Waals surface area (Å²) in [6, 6.07) is 11.7. The van der Waals surface area contributed by atoms with Crippen molar-refractivity contribution in [1.82, 2.24) is 4.98 Å². The molecule has 0 aliphatic rings. The summed E-state index contributed by atoms with van der Waals surface area (Å²) in [4.78, 5) is 4.29. The van der Waals surface area contributed by atoms with Crippen LogP contribution in [0.1, 0.15) is 10.7 Å². The monoisotopic (exact) mass is 230 g/mol. The highest BCUT2D eigenvalue weighted by atomic mass is 32.1. The van der Waals surface area contributed by atoms with Crippen LogP contribution in [0.5, 0.6) is 5.75 Å². The minimum absolute atomic E-state index is 0.363. The van der Waals surface area contributed by atoms with E-state index in [-0.39, 0.29) is 0 Å². The quantitative estimate of drug-likeness (QED) is 0.811. The molecule has 2 rings (SSSR count). The lowest BCUT2D eigenvalue weighted by Gasteiger charge is -2.02. The van der Waals surface area contributed by atoms with Crippen molar-refractivity contribution in [3.05, 3.63) is 46.4 Å². The molecule has 1 heterocycles. The zero-order chi connectivity index (χ0) is 11.2. The summed E-state index contributed by atoms with van der Waals surface area (Å²) < 4.78 is 5.55. The van der Waals surface area contributed by atoms with Gasteiger partial charge in [0.05, 0.1) is 18.2 Å². The summed E-state index contributed by atoms with van der Waals surface area (Å²) in [5.41, 5.74) is 0.819. The SMILES string of the molecule is N#CCc1csc(COc2ccccc2)n1. The Kier molecular flexibility index (Phi) is 3.52. The van der Waals surface area contributed by atoms with Gasteiger partial charge >= 0.3 is 0 Å². The number of para-hydroxylation sites is 1. The summed E-state index contributed by atoms with van der Waals surface area (Å²) in [6.07, 6.45) is 0.363. The van der Waals surface area contributed by atoms with Gasteiger partial charge in [-0.05, 0) is 12.1 Å². The predicted molar refractivity (Wildman–Crippen MR) is 62.2 cm³/mol. The first-order valence-corrected chi connectivity index (χ1v) is 5.74. The van der Waals surface area contributed by atoms with Gasteiger partial charge in [-0.3, -0.25) is 0 Å². The molecule has 0 saturated carbocycles. The molecule has 0 aliphatic heterocycles. The second-order valence-corrected chi connectivity index (χ2v) is 4.11. The molecule has 3 nitrogen and oxygen atoms in total. The van der Waals surface area contributed by atoms with Crippen molar-refractivity contribution in [3.63, 3.8) is 0 Å². The molecule has 80 valence electrons. The molecule has 2 aromatic rings. The van der Waals surface area contributed by atoms with E-state index in [1.54, 1.807) is 0 Å². The molecule has 0 spiro atoms. The maximum atomic E-state index is 8.52. The van der Waals surface area contributed by atoms with Crippen LogP contribution in [0.2, 0.25) is 0 Å². The average Bonchev–Trinajstić information content (AvgIpc) is 2.76. The van der Waals surface area contributed by atoms with Crippen molar-refractivity contribution in [3.8, 4) is 11.8 Å². The van der Waals surface area contributed by atoms with Crippen LogP contribution in [-0.2, 0) is 13.0 Å². The molecule has 0 N–H and O–H groups in total. The fourth-order valence-corrected chi connectivity index (χ4v) is 1.94. The Bertz CT molecular complexity index is 487. The number of benzene rings is 1. The second-order valence-electron chi connectivity index (χ2n) is 3.17. The maximum Gasteiger partial charge on any atom is 0.140 e. The van der Waals surface area contributed by atoms with Crippen LogP contribution in [0.4, 0.5) is 0 Å². The summed E-state index contributed by atoms with van der Waals surface area (Å²) in [5, 5.41) is 11.3. The Morgan fingerprint density at radius 1 is 1.31 bits per heavy atom. The zero-order valence-electron chi connectivity index (χ0n) is 8.59. The molecule has 1 aromatic carbocycles. The smallest absolute Gasteiger partial charge is 0.140 e. The number of rotatable bonds is 4. The van der Waals surface area contributed by atoms with E-state index in [1.165, 1.54) is 11.3 Å². The van der Waals surface area contributed by atoms with Gasteiger partial charge in [-0.25, -0.2) is 4.98 Å². The summed E-state index contributed by atoms with van der Waals surface area (Å²) in [6.45, 7) is 0.458. The molecular weight excluding hydrogens is 220 g/mol. The van der Waals surface area contributed by atoms with Crippen molar-refractivity contribution in [2.75, 3.05) is 0 Å². The first-order valence-electron chi connectivity index (χ1n) is 4.86. The first kappa shape index (κ1) is 10.7. The third-order valence-electron chi connectivity index (χ3n) is 1.97. The van der Waals surface area contributed by atoms with Crippen LogP contribution in [0, 0.1) is 11.3 Å². The lowest BCUT2D eigenvalue weighted by molar-refractivity contribution is 0.305. The lowest BCUT2D eigenvalue weighted by Crippen LogP contribution is -1.94. The van der Waals surface area contributed by atoms with Crippen LogP contribution in [0.25, 0.3) is 0 Å². The fourth-order valence-electron chi connectivity index (χ4n) is 1.24. The van der Waals surface area contributed by atoms with E-state index in [0.29, 0.717) is 13.0 Å². The zero-order valence-corrected chi connectivity index (χ0v) is 9.41. The van der Waals surface area contributed by atoms with Crippen LogP contribution in [0.15, 0.2) is 35.7 Å². The first-order chi connectivity index (χ1) is 7.88. The van der Waals surface area contributed by atoms with Gasteiger partial charge in [0.25, 0.3) is 0 Å². The molecule has 0 unspecified atom stereocenters. The standard InChI is InChI=1S/C12H10N2OS/c13-7-6-10-9-16-12(14-10)8-15-11-4-2-1-3-5-11/h1-5,9H,6,8H2. The van der Waals surface area contributed by atoms with E-state index in [4.69, 9.17) is 10.00 Å². The number of hydrogen-bond acceptors (Lipinski definition) is 4. The van der Waals surface area contributed by atoms with E-state index < -0.39 is 0 Å². The third-order valence-corrected chi connectivity index (χ3v) is 2.84. The highest BCUT2D eigenvalue weighted by Crippen LogP contribution is 2.14. The molecule has 16 heavy (non-hydrogen) atoms. The van der Waals surface area contributed by atoms with Crippen molar-refractivity contribution in [2.24, 2.45) is 0 Å². The molecule has 4 heteroatoms. The molecule has 0 atom stereocenters. The molecule has 1 aromatic heterocycles. The Hall–Kier alpha value is -1.86. The number of ether oxygens (including phenoxy) is 1. The largest absolute Gasteiger partial charge is 0.486 e. The molecule has 0 saturated heterocycles. The highest BCUT2D eigenvalue weighted by molar-refractivity contribution is 7.09. The van der Waals surface area contributed by atoms with Gasteiger partial charge in [0.15, 0.2) is 0 Å². The lowest BCUT2D eigenvalue weighted by atomic mass is 10.3. The Morgan fingerprint density at radius 3 is 2.88 bits per heavy atom. The van der Waals surface area contributed by atoms with Crippen molar-refractivity contribution in [2.45, 2.75) is 13.0 Å². The van der Waals surface area contributed by atoms with Crippen molar-refractivity contribution in [1.29, 1.82) is 5.26 Å². The van der Waals surface area contributed by atoms with Gasteiger partial charge in [-0.15, -0.1) is 11.3 Å². The number of nitriles is 1. The van der Waals surface area contributed by atoms with Gasteiger partial charge in [0.1, 0.15) is 17.4 Å². The summed E-state index contributed by atoms with van der Waals surface area (Å²) in [7, 11) is 0. The van der Waals surface area contributed by atoms with E-state index in [1.807, 2.05) is 35.7 Å². The third kappa shape index (κ3) is 2.81. The van der Waals surface area contributed by atoms with E-state index >= 15 is 0 Å². The number of nitrogens with zero attached hydrogens (tertiary/aromatic N) is 2. The van der Waals surface area contributed by atoms with Crippen molar-refractivity contribution < 1.29 is 4.74 Å². The predicted octanol–water partition coefficient (Wildman–Crippen LogP) is 2.79. The molecule has 0 aliphatic carbocycles. The molecule has 0 radical (unpaired) electrons. The van der Waals surface area contributed by atoms with Gasteiger partial charge in [0.2, 0.25) is 0 Å². The van der Waals surface area contributed by atoms with Gasteiger partial charge < -0.3 is 4.74 Å². The Labute approximate surface area is 97.9 Å². The summed E-state index contributed by atoms with van der Waals surface area (Å²) >= 11 is 1.52. The molecule has 0 amide bonds. The van der Waals surface area contributed by atoms with Gasteiger partial charge in [-0.2, -0.15) is 5.26 Å². The van der Waals surface area contributed by atoms with E-state index in [0.717, 1.165) is 16.5 Å². The Morgan fingerprint density at radius 2 is 2.12 bits per heavy atom. The maximum absolute atomic E-state index is 8.52. The summed E-state index contributed by atoms with van der Waals surface area (Å²) in [5.74, 6) is 0.833. The van der Waals surface area contributed by atoms with Crippen LogP contribution >= 0.6 is 11.3 Å². The topological polar surface area (TPSA) is 45.9 Å². The molecular formula is C12H10N2OS. The van der Waals surface area contributed by atoms with Crippen molar-refractivity contribution >= 4 is 11.3 Å². The van der Waals surface area contributed by atoms with Crippen LogP contribution in [-0.4, -0.2) is 4.98 Å². The van der Waals surface area contributed by atoms with E-state index in [2.05, 4.69) is 11.1 Å². The highest BCUT2D eigenvalue weighted by Gasteiger charge is 2.02. The second kappa shape index (κ2) is 5.29. The van der Waals surface area contributed by atoms with Gasteiger partial charge in [-0.1, -0.05) is 18.2 Å². The normalized spacial score (nSPS) is 9.69. The number of hydrogen-bond donors (Lipinski definition) is 0. The Balaban J connectivity index is 1.93. The fraction of sp³-hybridized carbons (Fsp3) is 0.167. The van der Waals surface area contributed by atoms with E-state index in [9.17, 15) is 0 Å². The molecule has 0 bridgehead atoms.